The molecule has 0 heterocycles. The van der Waals surface area contributed by atoms with E-state index in [0.29, 0.717) is 0 Å². The Hall–Kier alpha value is -1.34. The molecule has 3 unspecified atom stereocenters. The number of rotatable bonds is 3. The van der Waals surface area contributed by atoms with Crippen LogP contribution < -0.4 is 5.32 Å². The average Bonchev–Trinajstić information content (AvgIpc) is 2.49. The fourth-order valence-corrected chi connectivity index (χ4v) is 3.80. The van der Waals surface area contributed by atoms with Gasteiger partial charge in [0.1, 0.15) is 0 Å². The van der Waals surface area contributed by atoms with Crippen LogP contribution in [0.25, 0.3) is 10.8 Å². The van der Waals surface area contributed by atoms with Crippen molar-refractivity contribution in [1.29, 1.82) is 0 Å². The summed E-state index contributed by atoms with van der Waals surface area (Å²) in [4.78, 5) is 0. The van der Waals surface area contributed by atoms with E-state index >= 15 is 0 Å². The number of fused-ring (bicyclic) bond motifs is 1. The SMILES string of the molecule is CNCC1CCC(C)CC1c1ccc2ccccc2c1. The van der Waals surface area contributed by atoms with Crippen LogP contribution in [0, 0.1) is 11.8 Å². The Balaban J connectivity index is 1.93. The third kappa shape index (κ3) is 2.73. The lowest BCUT2D eigenvalue weighted by Gasteiger charge is -2.35. The van der Waals surface area contributed by atoms with E-state index in [1.807, 2.05) is 0 Å². The van der Waals surface area contributed by atoms with Crippen molar-refractivity contribution in [2.75, 3.05) is 13.6 Å². The summed E-state index contributed by atoms with van der Waals surface area (Å²) in [5, 5.41) is 6.12. The van der Waals surface area contributed by atoms with Crippen molar-refractivity contribution in [2.45, 2.75) is 32.1 Å². The van der Waals surface area contributed by atoms with E-state index in [0.717, 1.165) is 24.3 Å². The van der Waals surface area contributed by atoms with Crippen LogP contribution in [0.3, 0.4) is 0 Å². The Labute approximate surface area is 122 Å². The van der Waals surface area contributed by atoms with Gasteiger partial charge in [0.2, 0.25) is 0 Å². The highest BCUT2D eigenvalue weighted by molar-refractivity contribution is 5.83. The lowest BCUT2D eigenvalue weighted by molar-refractivity contribution is 0.245. The molecule has 106 valence electrons. The zero-order chi connectivity index (χ0) is 13.9. The van der Waals surface area contributed by atoms with E-state index in [2.05, 4.69) is 61.8 Å². The summed E-state index contributed by atoms with van der Waals surface area (Å²) in [6, 6.07) is 15.8. The van der Waals surface area contributed by atoms with Gasteiger partial charge in [0.05, 0.1) is 0 Å². The summed E-state index contributed by atoms with van der Waals surface area (Å²) in [6.07, 6.45) is 4.08. The van der Waals surface area contributed by atoms with Crippen LogP contribution >= 0.6 is 0 Å². The maximum absolute atomic E-state index is 3.39. The molecule has 1 aliphatic rings. The second kappa shape index (κ2) is 5.97. The highest BCUT2D eigenvalue weighted by atomic mass is 14.8. The minimum Gasteiger partial charge on any atom is -0.319 e. The Morgan fingerprint density at radius 3 is 2.65 bits per heavy atom. The molecule has 3 rings (SSSR count). The molecule has 0 aliphatic heterocycles. The van der Waals surface area contributed by atoms with Crippen molar-refractivity contribution < 1.29 is 0 Å². The molecule has 1 aliphatic carbocycles. The topological polar surface area (TPSA) is 12.0 Å². The molecular formula is C19H25N. The fraction of sp³-hybridized carbons (Fsp3) is 0.474. The summed E-state index contributed by atoms with van der Waals surface area (Å²) >= 11 is 0. The first-order valence-corrected chi connectivity index (χ1v) is 7.91. The molecule has 0 saturated heterocycles. The Kier molecular flexibility index (Phi) is 4.07. The maximum Gasteiger partial charge on any atom is -0.00177 e. The Morgan fingerprint density at radius 1 is 1.05 bits per heavy atom. The molecule has 1 N–H and O–H groups in total. The molecule has 1 heteroatoms. The first-order chi connectivity index (χ1) is 9.78. The van der Waals surface area contributed by atoms with Gasteiger partial charge in [-0.25, -0.2) is 0 Å². The lowest BCUT2D eigenvalue weighted by Crippen LogP contribution is -2.29. The predicted molar refractivity (Wildman–Crippen MR) is 87.1 cm³/mol. The van der Waals surface area contributed by atoms with Crippen molar-refractivity contribution in [3.8, 4) is 0 Å². The molecule has 0 amide bonds. The van der Waals surface area contributed by atoms with Crippen molar-refractivity contribution in [3.63, 3.8) is 0 Å². The second-order valence-corrected chi connectivity index (χ2v) is 6.45. The van der Waals surface area contributed by atoms with Gasteiger partial charge >= 0.3 is 0 Å². The monoisotopic (exact) mass is 267 g/mol. The number of hydrogen-bond donors (Lipinski definition) is 1. The van der Waals surface area contributed by atoms with Crippen molar-refractivity contribution >= 4 is 10.8 Å². The highest BCUT2D eigenvalue weighted by Crippen LogP contribution is 2.40. The Morgan fingerprint density at radius 2 is 1.85 bits per heavy atom. The van der Waals surface area contributed by atoms with E-state index in [4.69, 9.17) is 0 Å². The maximum atomic E-state index is 3.39. The van der Waals surface area contributed by atoms with E-state index in [-0.39, 0.29) is 0 Å². The number of benzene rings is 2. The van der Waals surface area contributed by atoms with Gasteiger partial charge in [-0.15, -0.1) is 0 Å². The number of hydrogen-bond acceptors (Lipinski definition) is 1. The normalized spacial score (nSPS) is 26.8. The third-order valence-electron chi connectivity index (χ3n) is 4.92. The Bertz CT molecular complexity index is 575. The molecule has 0 aromatic heterocycles. The van der Waals surface area contributed by atoms with Gasteiger partial charge in [0, 0.05) is 0 Å². The zero-order valence-corrected chi connectivity index (χ0v) is 12.6. The van der Waals surface area contributed by atoms with Gasteiger partial charge in [-0.2, -0.15) is 0 Å². The molecule has 3 atom stereocenters. The summed E-state index contributed by atoms with van der Waals surface area (Å²) in [5.41, 5.74) is 1.54. The molecule has 20 heavy (non-hydrogen) atoms. The molecule has 1 saturated carbocycles. The van der Waals surface area contributed by atoms with Gasteiger partial charge in [-0.1, -0.05) is 55.8 Å². The molecule has 1 fully saturated rings. The first kappa shape index (κ1) is 13.6. The lowest BCUT2D eigenvalue weighted by atomic mass is 9.71. The zero-order valence-electron chi connectivity index (χ0n) is 12.6. The molecule has 2 aromatic carbocycles. The predicted octanol–water partition coefficient (Wildman–Crippen LogP) is 4.58. The van der Waals surface area contributed by atoms with Crippen molar-refractivity contribution in [3.05, 3.63) is 48.0 Å². The first-order valence-electron chi connectivity index (χ1n) is 7.91. The van der Waals surface area contributed by atoms with Crippen LogP contribution in [-0.2, 0) is 0 Å². The third-order valence-corrected chi connectivity index (χ3v) is 4.92. The minimum absolute atomic E-state index is 0.718. The minimum atomic E-state index is 0.718. The largest absolute Gasteiger partial charge is 0.319 e. The van der Waals surface area contributed by atoms with E-state index in [1.54, 1.807) is 0 Å². The van der Waals surface area contributed by atoms with E-state index in [9.17, 15) is 0 Å². The van der Waals surface area contributed by atoms with Crippen molar-refractivity contribution in [2.24, 2.45) is 11.8 Å². The van der Waals surface area contributed by atoms with E-state index in [1.165, 1.54) is 35.6 Å². The van der Waals surface area contributed by atoms with Crippen LogP contribution in [0.4, 0.5) is 0 Å². The van der Waals surface area contributed by atoms with Gasteiger partial charge < -0.3 is 5.32 Å². The molecule has 1 nitrogen and oxygen atoms in total. The van der Waals surface area contributed by atoms with E-state index < -0.39 is 0 Å². The van der Waals surface area contributed by atoms with Crippen LogP contribution in [0.1, 0.15) is 37.7 Å². The van der Waals surface area contributed by atoms with Gasteiger partial charge in [0.15, 0.2) is 0 Å². The summed E-state index contributed by atoms with van der Waals surface area (Å²) < 4.78 is 0. The summed E-state index contributed by atoms with van der Waals surface area (Å²) in [6.45, 7) is 3.55. The van der Waals surface area contributed by atoms with Crippen LogP contribution in [0.2, 0.25) is 0 Å². The fourth-order valence-electron chi connectivity index (χ4n) is 3.80. The van der Waals surface area contributed by atoms with Crippen LogP contribution in [0.15, 0.2) is 42.5 Å². The smallest absolute Gasteiger partial charge is 0.00177 e. The van der Waals surface area contributed by atoms with Gasteiger partial charge in [-0.05, 0) is 60.5 Å². The average molecular weight is 267 g/mol. The molecule has 0 radical (unpaired) electrons. The van der Waals surface area contributed by atoms with Crippen molar-refractivity contribution in [1.82, 2.24) is 5.32 Å². The highest BCUT2D eigenvalue weighted by Gasteiger charge is 2.29. The second-order valence-electron chi connectivity index (χ2n) is 6.45. The summed E-state index contributed by atoms with van der Waals surface area (Å²) in [5.74, 6) is 2.37. The molecule has 0 spiro atoms. The van der Waals surface area contributed by atoms with Crippen LogP contribution in [-0.4, -0.2) is 13.6 Å². The number of nitrogens with one attached hydrogen (secondary N) is 1. The molecular weight excluding hydrogens is 242 g/mol. The van der Waals surface area contributed by atoms with Gasteiger partial charge in [-0.3, -0.25) is 0 Å². The van der Waals surface area contributed by atoms with Gasteiger partial charge in [0.25, 0.3) is 0 Å². The quantitative estimate of drug-likeness (QED) is 0.858. The molecule has 0 bridgehead atoms. The molecule has 2 aromatic rings. The standard InChI is InChI=1S/C19H25N/c1-14-7-8-18(13-20-2)19(11-14)17-10-9-15-5-3-4-6-16(15)12-17/h3-6,9-10,12,14,18-20H,7-8,11,13H2,1-2H3. The van der Waals surface area contributed by atoms with Crippen LogP contribution in [0.5, 0.6) is 0 Å². The summed E-state index contributed by atoms with van der Waals surface area (Å²) in [7, 11) is 2.08.